The van der Waals surface area contributed by atoms with Crippen LogP contribution in [0, 0.1) is 5.82 Å². The van der Waals surface area contributed by atoms with Gasteiger partial charge in [-0.15, -0.1) is 0 Å². The molecule has 0 spiro atoms. The van der Waals surface area contributed by atoms with Crippen LogP contribution in [0.15, 0.2) is 35.4 Å². The second-order valence-electron chi connectivity index (χ2n) is 4.00. The fraction of sp³-hybridized carbons (Fsp3) is 0.0833. The normalized spacial score (nSPS) is 10.8. The number of benzene rings is 1. The molecular weight excluding hydrogens is 249 g/mol. The van der Waals surface area contributed by atoms with Gasteiger partial charge < -0.3 is 10.3 Å². The molecule has 0 saturated carbocycles. The lowest BCUT2D eigenvalue weighted by molar-refractivity contribution is 0.626. The van der Waals surface area contributed by atoms with Crippen LogP contribution < -0.4 is 11.0 Å². The second kappa shape index (κ2) is 4.52. The summed E-state index contributed by atoms with van der Waals surface area (Å²) in [6.45, 7) is 0.363. The first kappa shape index (κ1) is 11.4. The van der Waals surface area contributed by atoms with E-state index >= 15 is 0 Å². The predicted octanol–water partition coefficient (Wildman–Crippen LogP) is 1.40. The van der Waals surface area contributed by atoms with Crippen molar-refractivity contribution in [2.75, 3.05) is 5.32 Å². The molecule has 3 N–H and O–H groups in total. The van der Waals surface area contributed by atoms with Crippen molar-refractivity contribution < 1.29 is 4.39 Å². The highest BCUT2D eigenvalue weighted by atomic mass is 19.1. The number of rotatable bonds is 3. The Morgan fingerprint density at radius 1 is 1.37 bits per heavy atom. The van der Waals surface area contributed by atoms with Crippen molar-refractivity contribution in [3.05, 3.63) is 52.5 Å². The number of nitrogens with one attached hydrogen (secondary N) is 3. The Bertz CT molecular complexity index is 779. The number of aromatic nitrogens is 4. The molecule has 0 unspecified atom stereocenters. The third kappa shape index (κ3) is 2.30. The topological polar surface area (TPSA) is 86.5 Å². The van der Waals surface area contributed by atoms with E-state index in [0.717, 1.165) is 5.56 Å². The Morgan fingerprint density at radius 3 is 3.11 bits per heavy atom. The minimum absolute atomic E-state index is 0.301. The summed E-state index contributed by atoms with van der Waals surface area (Å²) in [5.74, 6) is 0.0883. The molecule has 6 nitrogen and oxygen atoms in total. The molecule has 19 heavy (non-hydrogen) atoms. The average molecular weight is 259 g/mol. The van der Waals surface area contributed by atoms with Gasteiger partial charge in [-0.25, -0.2) is 14.2 Å². The molecule has 7 heteroatoms. The number of imidazole rings is 1. The molecule has 96 valence electrons. The molecule has 2 aromatic heterocycles. The van der Waals surface area contributed by atoms with Gasteiger partial charge in [0, 0.05) is 6.54 Å². The first-order chi connectivity index (χ1) is 9.22. The molecule has 0 amide bonds. The SMILES string of the molecule is O=c1nc(NCc2cccc(F)c2)c2[nH]cnc2[nH]1. The van der Waals surface area contributed by atoms with Crippen LogP contribution in [-0.2, 0) is 6.54 Å². The van der Waals surface area contributed by atoms with E-state index in [9.17, 15) is 9.18 Å². The first-order valence-electron chi connectivity index (χ1n) is 5.64. The lowest BCUT2D eigenvalue weighted by Gasteiger charge is -2.05. The van der Waals surface area contributed by atoms with Gasteiger partial charge in [-0.1, -0.05) is 12.1 Å². The Kier molecular flexibility index (Phi) is 2.71. The Balaban J connectivity index is 1.89. The van der Waals surface area contributed by atoms with Gasteiger partial charge in [0.05, 0.1) is 6.33 Å². The summed E-state index contributed by atoms with van der Waals surface area (Å²) in [4.78, 5) is 24.5. The molecule has 0 bridgehead atoms. The van der Waals surface area contributed by atoms with E-state index in [0.29, 0.717) is 23.5 Å². The molecule has 0 aliphatic heterocycles. The van der Waals surface area contributed by atoms with Crippen molar-refractivity contribution in [1.82, 2.24) is 19.9 Å². The van der Waals surface area contributed by atoms with Crippen molar-refractivity contribution >= 4 is 17.0 Å². The summed E-state index contributed by atoms with van der Waals surface area (Å²) in [6, 6.07) is 6.21. The molecule has 0 atom stereocenters. The van der Waals surface area contributed by atoms with Crippen LogP contribution in [0.2, 0.25) is 0 Å². The highest BCUT2D eigenvalue weighted by molar-refractivity contribution is 5.81. The van der Waals surface area contributed by atoms with Gasteiger partial charge in [0.2, 0.25) is 0 Å². The number of H-pyrrole nitrogens is 2. The number of nitrogens with zero attached hydrogens (tertiary/aromatic N) is 2. The van der Waals surface area contributed by atoms with E-state index in [1.54, 1.807) is 12.1 Å². The maximum absolute atomic E-state index is 13.0. The first-order valence-corrected chi connectivity index (χ1v) is 5.64. The van der Waals surface area contributed by atoms with E-state index in [4.69, 9.17) is 0 Å². The molecule has 0 fully saturated rings. The zero-order valence-electron chi connectivity index (χ0n) is 9.77. The average Bonchev–Trinajstić information content (AvgIpc) is 2.84. The van der Waals surface area contributed by atoms with Crippen molar-refractivity contribution in [2.24, 2.45) is 0 Å². The van der Waals surface area contributed by atoms with E-state index < -0.39 is 5.69 Å². The van der Waals surface area contributed by atoms with Gasteiger partial charge in [0.15, 0.2) is 11.5 Å². The zero-order valence-corrected chi connectivity index (χ0v) is 9.77. The van der Waals surface area contributed by atoms with E-state index in [-0.39, 0.29) is 5.82 Å². The summed E-state index contributed by atoms with van der Waals surface area (Å²) in [6.07, 6.45) is 1.47. The number of halogens is 1. The lowest BCUT2D eigenvalue weighted by Crippen LogP contribution is -2.14. The zero-order chi connectivity index (χ0) is 13.2. The lowest BCUT2D eigenvalue weighted by atomic mass is 10.2. The number of anilines is 1. The molecule has 0 aliphatic rings. The van der Waals surface area contributed by atoms with Gasteiger partial charge in [0.25, 0.3) is 0 Å². The Morgan fingerprint density at radius 2 is 2.26 bits per heavy atom. The number of fused-ring (bicyclic) bond motifs is 1. The third-order valence-corrected chi connectivity index (χ3v) is 2.66. The second-order valence-corrected chi connectivity index (χ2v) is 4.00. The minimum atomic E-state index is -0.485. The van der Waals surface area contributed by atoms with Crippen LogP contribution in [-0.4, -0.2) is 19.9 Å². The van der Waals surface area contributed by atoms with E-state index in [1.807, 2.05) is 0 Å². The minimum Gasteiger partial charge on any atom is -0.364 e. The summed E-state index contributed by atoms with van der Waals surface area (Å²) in [5.41, 5.74) is 1.31. The quantitative estimate of drug-likeness (QED) is 0.663. The largest absolute Gasteiger partial charge is 0.364 e. The molecule has 3 rings (SSSR count). The van der Waals surface area contributed by atoms with E-state index in [1.165, 1.54) is 18.5 Å². The van der Waals surface area contributed by atoms with Crippen LogP contribution in [0.25, 0.3) is 11.2 Å². The smallest absolute Gasteiger partial charge is 0.348 e. The standard InChI is InChI=1S/C12H10FN5O/c13-8-3-1-2-7(4-8)5-14-10-9-11(16-6-15-9)18-12(19)17-10/h1-4,6H,5H2,(H3,14,15,16,17,18,19). The number of aromatic amines is 2. The summed E-state index contributed by atoms with van der Waals surface area (Å²) >= 11 is 0. The number of hydrogen-bond acceptors (Lipinski definition) is 4. The summed E-state index contributed by atoms with van der Waals surface area (Å²) in [7, 11) is 0. The van der Waals surface area contributed by atoms with Gasteiger partial charge in [0.1, 0.15) is 11.3 Å². The number of hydrogen-bond donors (Lipinski definition) is 3. The van der Waals surface area contributed by atoms with Gasteiger partial charge in [-0.2, -0.15) is 4.98 Å². The third-order valence-electron chi connectivity index (χ3n) is 2.66. The van der Waals surface area contributed by atoms with Crippen molar-refractivity contribution in [3.63, 3.8) is 0 Å². The monoisotopic (exact) mass is 259 g/mol. The molecule has 0 saturated heterocycles. The fourth-order valence-corrected chi connectivity index (χ4v) is 1.82. The Labute approximate surface area is 106 Å². The van der Waals surface area contributed by atoms with E-state index in [2.05, 4.69) is 25.3 Å². The van der Waals surface area contributed by atoms with Gasteiger partial charge in [-0.05, 0) is 17.7 Å². The highest BCUT2D eigenvalue weighted by Crippen LogP contribution is 2.14. The Hall–Kier alpha value is -2.70. The summed E-state index contributed by atoms with van der Waals surface area (Å²) < 4.78 is 13.0. The molecule has 1 aromatic carbocycles. The highest BCUT2D eigenvalue weighted by Gasteiger charge is 2.06. The van der Waals surface area contributed by atoms with Crippen molar-refractivity contribution in [1.29, 1.82) is 0 Å². The van der Waals surface area contributed by atoms with Crippen LogP contribution >= 0.6 is 0 Å². The predicted molar refractivity (Wildman–Crippen MR) is 68.2 cm³/mol. The van der Waals surface area contributed by atoms with Crippen LogP contribution in [0.1, 0.15) is 5.56 Å². The molecule has 0 radical (unpaired) electrons. The molecule has 0 aliphatic carbocycles. The van der Waals surface area contributed by atoms with Gasteiger partial charge in [-0.3, -0.25) is 4.98 Å². The van der Waals surface area contributed by atoms with Gasteiger partial charge >= 0.3 is 5.69 Å². The maximum Gasteiger partial charge on any atom is 0.348 e. The van der Waals surface area contributed by atoms with Crippen LogP contribution in [0.3, 0.4) is 0 Å². The summed E-state index contributed by atoms with van der Waals surface area (Å²) in [5, 5.41) is 2.99. The van der Waals surface area contributed by atoms with Crippen LogP contribution in [0.5, 0.6) is 0 Å². The van der Waals surface area contributed by atoms with Crippen LogP contribution in [0.4, 0.5) is 10.2 Å². The van der Waals surface area contributed by atoms with Crippen molar-refractivity contribution in [3.8, 4) is 0 Å². The molecule has 3 aromatic rings. The fourth-order valence-electron chi connectivity index (χ4n) is 1.82. The molecule has 2 heterocycles. The van der Waals surface area contributed by atoms with Crippen molar-refractivity contribution in [2.45, 2.75) is 6.54 Å². The maximum atomic E-state index is 13.0. The molecular formula is C12H10FN5O.